The van der Waals surface area contributed by atoms with Gasteiger partial charge in [0, 0.05) is 12.1 Å². The molecule has 2 N–H and O–H groups in total. The molecule has 0 saturated heterocycles. The third-order valence-corrected chi connectivity index (χ3v) is 1.99. The molecule has 1 aromatic carbocycles. The van der Waals surface area contributed by atoms with E-state index in [-0.39, 0.29) is 12.1 Å². The Bertz CT molecular complexity index is 343. The molecule has 0 saturated carbocycles. The normalized spacial score (nSPS) is 11.9. The van der Waals surface area contributed by atoms with Crippen LogP contribution in [0.5, 0.6) is 0 Å². The highest BCUT2D eigenvalue weighted by atomic mass is 19.4. The van der Waals surface area contributed by atoms with Gasteiger partial charge < -0.3 is 5.73 Å². The van der Waals surface area contributed by atoms with Gasteiger partial charge in [-0.1, -0.05) is 6.07 Å². The number of benzene rings is 1. The summed E-state index contributed by atoms with van der Waals surface area (Å²) in [6.45, 7) is 0.988. The number of rotatable bonds is 1. The van der Waals surface area contributed by atoms with Crippen molar-refractivity contribution in [1.29, 1.82) is 0 Å². The predicted molar refractivity (Wildman–Crippen MR) is 44.0 cm³/mol. The van der Waals surface area contributed by atoms with Crippen molar-refractivity contribution in [2.75, 3.05) is 0 Å². The highest BCUT2D eigenvalue weighted by Crippen LogP contribution is 2.33. The first kappa shape index (κ1) is 11.0. The Labute approximate surface area is 78.5 Å². The summed E-state index contributed by atoms with van der Waals surface area (Å²) in [5, 5.41) is 0. The number of hydrogen-bond acceptors (Lipinski definition) is 1. The summed E-state index contributed by atoms with van der Waals surface area (Å²) < 4.78 is 50.0. The molecule has 0 heterocycles. The smallest absolute Gasteiger partial charge is 0.326 e. The van der Waals surface area contributed by atoms with Gasteiger partial charge in [-0.2, -0.15) is 13.2 Å². The zero-order valence-corrected chi connectivity index (χ0v) is 7.45. The van der Waals surface area contributed by atoms with Crippen molar-refractivity contribution < 1.29 is 17.6 Å². The molecule has 78 valence electrons. The lowest BCUT2D eigenvalue weighted by atomic mass is 10.0. The van der Waals surface area contributed by atoms with Crippen LogP contribution in [-0.2, 0) is 12.7 Å². The molecule has 0 radical (unpaired) electrons. The molecule has 0 amide bonds. The van der Waals surface area contributed by atoms with E-state index in [0.717, 1.165) is 19.1 Å². The van der Waals surface area contributed by atoms with Gasteiger partial charge in [0.2, 0.25) is 0 Å². The van der Waals surface area contributed by atoms with Crippen molar-refractivity contribution >= 4 is 0 Å². The lowest BCUT2D eigenvalue weighted by molar-refractivity contribution is -0.138. The molecule has 0 atom stereocenters. The van der Waals surface area contributed by atoms with E-state index in [4.69, 9.17) is 5.73 Å². The van der Waals surface area contributed by atoms with Crippen molar-refractivity contribution in [1.82, 2.24) is 0 Å². The molecule has 0 spiro atoms. The number of hydrogen-bond donors (Lipinski definition) is 1. The van der Waals surface area contributed by atoms with Crippen LogP contribution in [-0.4, -0.2) is 0 Å². The van der Waals surface area contributed by atoms with Crippen molar-refractivity contribution in [3.05, 3.63) is 34.6 Å². The third-order valence-electron chi connectivity index (χ3n) is 1.99. The Morgan fingerprint density at radius 3 is 2.29 bits per heavy atom. The summed E-state index contributed by atoms with van der Waals surface area (Å²) in [5.41, 5.74) is 3.90. The monoisotopic (exact) mass is 207 g/mol. The lowest BCUT2D eigenvalue weighted by Crippen LogP contribution is -2.11. The minimum Gasteiger partial charge on any atom is -0.326 e. The van der Waals surface area contributed by atoms with Crippen molar-refractivity contribution in [3.63, 3.8) is 0 Å². The molecule has 0 aliphatic rings. The molecule has 14 heavy (non-hydrogen) atoms. The van der Waals surface area contributed by atoms with Crippen LogP contribution in [0.2, 0.25) is 0 Å². The molecule has 0 unspecified atom stereocenters. The van der Waals surface area contributed by atoms with Gasteiger partial charge in [0.15, 0.2) is 0 Å². The van der Waals surface area contributed by atoms with Crippen molar-refractivity contribution in [2.24, 2.45) is 5.73 Å². The van der Waals surface area contributed by atoms with Crippen LogP contribution in [0.3, 0.4) is 0 Å². The average molecular weight is 207 g/mol. The van der Waals surface area contributed by atoms with Crippen LogP contribution in [0, 0.1) is 12.7 Å². The molecular formula is C9H9F4N. The van der Waals surface area contributed by atoms with Crippen LogP contribution in [0.25, 0.3) is 0 Å². The van der Waals surface area contributed by atoms with E-state index in [2.05, 4.69) is 0 Å². The summed E-state index contributed by atoms with van der Waals surface area (Å²) in [6, 6.07) is 1.91. The summed E-state index contributed by atoms with van der Waals surface area (Å²) >= 11 is 0. The van der Waals surface area contributed by atoms with Gasteiger partial charge in [0.05, 0.1) is 5.56 Å². The molecule has 0 fully saturated rings. The minimum absolute atomic E-state index is 0.0931. The quantitative estimate of drug-likeness (QED) is 0.704. The molecule has 5 heteroatoms. The first-order valence-corrected chi connectivity index (χ1v) is 3.93. The van der Waals surface area contributed by atoms with E-state index < -0.39 is 23.1 Å². The van der Waals surface area contributed by atoms with Crippen molar-refractivity contribution in [3.8, 4) is 0 Å². The fraction of sp³-hybridized carbons (Fsp3) is 0.333. The zero-order valence-electron chi connectivity index (χ0n) is 7.45. The maximum absolute atomic E-state index is 13.2. The molecule has 0 aliphatic carbocycles. The van der Waals surface area contributed by atoms with E-state index in [1.165, 1.54) is 0 Å². The van der Waals surface area contributed by atoms with Crippen LogP contribution in [0.1, 0.15) is 16.7 Å². The summed E-state index contributed by atoms with van der Waals surface area (Å²) in [5.74, 6) is -0.873. The maximum Gasteiger partial charge on any atom is 0.416 e. The minimum atomic E-state index is -4.52. The zero-order chi connectivity index (χ0) is 10.9. The van der Waals surface area contributed by atoms with Crippen LogP contribution < -0.4 is 5.73 Å². The Balaban J connectivity index is 3.31. The Hall–Kier alpha value is -1.10. The number of halogens is 4. The molecule has 0 aliphatic heterocycles. The highest BCUT2D eigenvalue weighted by Gasteiger charge is 2.33. The lowest BCUT2D eigenvalue weighted by Gasteiger charge is -2.12. The first-order chi connectivity index (χ1) is 6.38. The largest absolute Gasteiger partial charge is 0.416 e. The van der Waals surface area contributed by atoms with Gasteiger partial charge >= 0.3 is 6.18 Å². The van der Waals surface area contributed by atoms with Crippen LogP contribution in [0.15, 0.2) is 12.1 Å². The van der Waals surface area contributed by atoms with E-state index in [9.17, 15) is 17.6 Å². The van der Waals surface area contributed by atoms with Crippen LogP contribution >= 0.6 is 0 Å². The molecular weight excluding hydrogens is 198 g/mol. The molecule has 1 rings (SSSR count). The topological polar surface area (TPSA) is 26.0 Å². The van der Waals surface area contributed by atoms with E-state index in [1.54, 1.807) is 0 Å². The van der Waals surface area contributed by atoms with E-state index >= 15 is 0 Å². The Morgan fingerprint density at radius 1 is 1.29 bits per heavy atom. The molecule has 0 bridgehead atoms. The fourth-order valence-electron chi connectivity index (χ4n) is 1.21. The standard InChI is InChI=1S/C9H9F4N/c1-5-7(9(11,12)13)3-2-6(4-14)8(5)10/h2-3H,4,14H2,1H3. The molecule has 1 nitrogen and oxygen atoms in total. The average Bonchev–Trinajstić information content (AvgIpc) is 2.07. The van der Waals surface area contributed by atoms with Gasteiger partial charge in [0.25, 0.3) is 0 Å². The van der Waals surface area contributed by atoms with Crippen LogP contribution in [0.4, 0.5) is 17.6 Å². The summed E-state index contributed by atoms with van der Waals surface area (Å²) in [4.78, 5) is 0. The third kappa shape index (κ3) is 1.87. The Kier molecular flexibility index (Phi) is 2.80. The van der Waals surface area contributed by atoms with Gasteiger partial charge in [-0.15, -0.1) is 0 Å². The second kappa shape index (κ2) is 3.57. The maximum atomic E-state index is 13.2. The van der Waals surface area contributed by atoms with E-state index in [1.807, 2.05) is 0 Å². The van der Waals surface area contributed by atoms with Gasteiger partial charge in [-0.25, -0.2) is 4.39 Å². The number of nitrogens with two attached hydrogens (primary N) is 1. The molecule has 0 aromatic heterocycles. The first-order valence-electron chi connectivity index (χ1n) is 3.93. The second-order valence-electron chi connectivity index (χ2n) is 2.91. The number of alkyl halides is 3. The van der Waals surface area contributed by atoms with Gasteiger partial charge in [-0.3, -0.25) is 0 Å². The Morgan fingerprint density at radius 2 is 1.86 bits per heavy atom. The fourth-order valence-corrected chi connectivity index (χ4v) is 1.21. The van der Waals surface area contributed by atoms with Crippen molar-refractivity contribution in [2.45, 2.75) is 19.6 Å². The second-order valence-corrected chi connectivity index (χ2v) is 2.91. The predicted octanol–water partition coefficient (Wildman–Crippen LogP) is 2.61. The SMILES string of the molecule is Cc1c(C(F)(F)F)ccc(CN)c1F. The summed E-state index contributed by atoms with van der Waals surface area (Å²) in [7, 11) is 0. The van der Waals surface area contributed by atoms with E-state index in [0.29, 0.717) is 0 Å². The van der Waals surface area contributed by atoms with Gasteiger partial charge in [0.1, 0.15) is 5.82 Å². The summed E-state index contributed by atoms with van der Waals surface area (Å²) in [6.07, 6.45) is -4.52. The molecule has 1 aromatic rings. The van der Waals surface area contributed by atoms with Gasteiger partial charge in [-0.05, 0) is 18.6 Å². The highest BCUT2D eigenvalue weighted by molar-refractivity contribution is 5.34.